The van der Waals surface area contributed by atoms with E-state index in [1.165, 1.54) is 0 Å². The number of rotatable bonds is 6. The van der Waals surface area contributed by atoms with Gasteiger partial charge in [0.15, 0.2) is 11.2 Å². The zero-order chi connectivity index (χ0) is 23.2. The molecule has 0 spiro atoms. The van der Waals surface area contributed by atoms with Gasteiger partial charge in [0, 0.05) is 0 Å². The maximum atomic E-state index is 13.7. The summed E-state index contributed by atoms with van der Waals surface area (Å²) in [7, 11) is 0. The van der Waals surface area contributed by atoms with Crippen LogP contribution in [0.4, 0.5) is 4.79 Å². The molecule has 0 saturated carbocycles. The summed E-state index contributed by atoms with van der Waals surface area (Å²) in [4.78, 5) is 53.0. The number of amides is 2. The van der Waals surface area contributed by atoms with E-state index in [2.05, 4.69) is 0 Å². The van der Waals surface area contributed by atoms with E-state index in [9.17, 15) is 19.2 Å². The van der Waals surface area contributed by atoms with Crippen molar-refractivity contribution >= 4 is 23.8 Å². The summed E-state index contributed by atoms with van der Waals surface area (Å²) < 4.78 is 10.0. The monoisotopic (exact) mass is 438 g/mol. The van der Waals surface area contributed by atoms with E-state index in [4.69, 9.17) is 9.47 Å². The fourth-order valence-corrected chi connectivity index (χ4v) is 4.14. The van der Waals surface area contributed by atoms with Crippen LogP contribution in [0, 0.1) is 5.41 Å². The van der Waals surface area contributed by atoms with E-state index in [1.54, 1.807) is 44.2 Å². The molecule has 1 fully saturated rings. The molecule has 2 amide bonds. The number of hydrogen-bond donors (Lipinski definition) is 0. The maximum absolute atomic E-state index is 13.7. The number of piperidine rings is 1. The summed E-state index contributed by atoms with van der Waals surface area (Å²) in [5.74, 6) is -1.52. The van der Waals surface area contributed by atoms with Crippen molar-refractivity contribution in [1.29, 1.82) is 0 Å². The van der Waals surface area contributed by atoms with Gasteiger partial charge in [-0.3, -0.25) is 9.59 Å². The Bertz CT molecular complexity index is 990. The molecule has 32 heavy (non-hydrogen) atoms. The van der Waals surface area contributed by atoms with E-state index in [1.807, 2.05) is 30.3 Å². The lowest BCUT2D eigenvalue weighted by molar-refractivity contribution is -0.784. The summed E-state index contributed by atoms with van der Waals surface area (Å²) in [5.41, 5.74) is -0.497. The molecule has 0 N–H and O–H groups in total. The first-order valence-electron chi connectivity index (χ1n) is 10.8. The zero-order valence-electron chi connectivity index (χ0n) is 18.4. The van der Waals surface area contributed by atoms with E-state index in [-0.39, 0.29) is 44.9 Å². The van der Waals surface area contributed by atoms with Gasteiger partial charge in [0.1, 0.15) is 19.7 Å². The topological polar surface area (TPSA) is 86.7 Å². The van der Waals surface area contributed by atoms with Gasteiger partial charge in [-0.1, -0.05) is 55.5 Å². The quantitative estimate of drug-likeness (QED) is 0.386. The van der Waals surface area contributed by atoms with Crippen LogP contribution in [0.25, 0.3) is 0 Å². The predicted octanol–water partition coefficient (Wildman–Crippen LogP) is 3.91. The van der Waals surface area contributed by atoms with Gasteiger partial charge in [-0.05, 0) is 31.0 Å². The minimum atomic E-state index is -1.58. The molecular weight excluding hydrogens is 410 g/mol. The molecule has 0 aromatic heterocycles. The highest BCUT2D eigenvalue weighted by Gasteiger charge is 2.62. The Labute approximate surface area is 187 Å². The van der Waals surface area contributed by atoms with Gasteiger partial charge in [-0.25, -0.2) is 4.79 Å². The number of Topliss-reactive ketones (excluding diaryl/α,β-unsaturated/α-hetero) is 1. The largest absolute Gasteiger partial charge is 0.524 e. The smallest absolute Gasteiger partial charge is 0.465 e. The number of carbonyl (C=O) groups excluding carboxylic acids is 4. The molecule has 1 aliphatic rings. The van der Waals surface area contributed by atoms with Crippen molar-refractivity contribution in [1.82, 2.24) is 0 Å². The van der Waals surface area contributed by atoms with Crippen LogP contribution in [-0.4, -0.2) is 47.9 Å². The molecule has 0 radical (unpaired) electrons. The molecule has 2 aromatic carbocycles. The van der Waals surface area contributed by atoms with Gasteiger partial charge in [0.2, 0.25) is 0 Å². The highest BCUT2D eigenvalue weighted by Crippen LogP contribution is 2.38. The Kier molecular flexibility index (Phi) is 7.20. The summed E-state index contributed by atoms with van der Waals surface area (Å²) in [6, 6.07) is 17.5. The second-order valence-corrected chi connectivity index (χ2v) is 7.89. The number of esters is 1. The van der Waals surface area contributed by atoms with Crippen molar-refractivity contribution in [3.8, 4) is 0 Å². The number of imide groups is 1. The molecule has 1 saturated heterocycles. The Morgan fingerprint density at radius 3 is 2.16 bits per heavy atom. The Balaban J connectivity index is 2.01. The molecule has 7 nitrogen and oxygen atoms in total. The van der Waals surface area contributed by atoms with Crippen LogP contribution in [0.2, 0.25) is 0 Å². The fraction of sp³-hybridized carbons (Fsp3) is 0.360. The van der Waals surface area contributed by atoms with Gasteiger partial charge in [-0.15, -0.1) is 0 Å². The molecule has 1 aliphatic heterocycles. The van der Waals surface area contributed by atoms with Gasteiger partial charge >= 0.3 is 18.0 Å². The SMILES string of the molecule is CCOC(=O)C1(CC)C[N+](C(=O)OCc2ccccc2)(C(=O)c2ccccc2)CCC1=O. The van der Waals surface area contributed by atoms with Crippen molar-refractivity contribution in [2.75, 3.05) is 19.7 Å². The van der Waals surface area contributed by atoms with Crippen LogP contribution in [0.5, 0.6) is 0 Å². The Hall–Kier alpha value is -3.32. The van der Waals surface area contributed by atoms with Crippen LogP contribution in [0.1, 0.15) is 42.6 Å². The number of benzene rings is 2. The first kappa shape index (κ1) is 23.3. The average Bonchev–Trinajstić information content (AvgIpc) is 2.84. The maximum Gasteiger partial charge on any atom is 0.524 e. The zero-order valence-corrected chi connectivity index (χ0v) is 18.4. The number of carbonyl (C=O) groups is 4. The van der Waals surface area contributed by atoms with E-state index >= 15 is 0 Å². The molecule has 7 heteroatoms. The summed E-state index contributed by atoms with van der Waals surface area (Å²) >= 11 is 0. The predicted molar refractivity (Wildman–Crippen MR) is 116 cm³/mol. The van der Waals surface area contributed by atoms with Crippen molar-refractivity contribution in [3.05, 3.63) is 71.8 Å². The first-order chi connectivity index (χ1) is 15.4. The van der Waals surface area contributed by atoms with Gasteiger partial charge in [0.25, 0.3) is 0 Å². The first-order valence-corrected chi connectivity index (χ1v) is 10.8. The third-order valence-corrected chi connectivity index (χ3v) is 6.03. The average molecular weight is 439 g/mol. The highest BCUT2D eigenvalue weighted by atomic mass is 16.6. The molecular formula is C25H28NO6+. The minimum Gasteiger partial charge on any atom is -0.465 e. The highest BCUT2D eigenvalue weighted by molar-refractivity contribution is 6.06. The third-order valence-electron chi connectivity index (χ3n) is 6.03. The van der Waals surface area contributed by atoms with E-state index in [0.29, 0.717) is 5.56 Å². The standard InChI is InChI=1S/C25H28NO6/c1-3-25(23(29)31-4-2)18-26(16-15-21(25)27,22(28)20-13-9-6-10-14-20)24(30)32-17-19-11-7-5-8-12-19/h5-14H,3-4,15-18H2,1-2H3/q+1. The van der Waals surface area contributed by atoms with Crippen LogP contribution in [-0.2, 0) is 25.7 Å². The van der Waals surface area contributed by atoms with Crippen molar-refractivity contribution in [3.63, 3.8) is 0 Å². The lowest BCUT2D eigenvalue weighted by Crippen LogP contribution is -2.68. The molecule has 2 unspecified atom stereocenters. The molecule has 0 bridgehead atoms. The Morgan fingerprint density at radius 1 is 0.938 bits per heavy atom. The number of ether oxygens (including phenoxy) is 2. The van der Waals surface area contributed by atoms with Gasteiger partial charge in [-0.2, -0.15) is 9.28 Å². The lowest BCUT2D eigenvalue weighted by Gasteiger charge is -2.42. The normalized spacial score (nSPS) is 22.8. The molecule has 0 aliphatic carbocycles. The van der Waals surface area contributed by atoms with Crippen LogP contribution < -0.4 is 0 Å². The Morgan fingerprint density at radius 2 is 1.56 bits per heavy atom. The van der Waals surface area contributed by atoms with Gasteiger partial charge in [0.05, 0.1) is 18.6 Å². The second-order valence-electron chi connectivity index (χ2n) is 7.89. The van der Waals surface area contributed by atoms with E-state index in [0.717, 1.165) is 5.56 Å². The molecule has 3 rings (SSSR count). The van der Waals surface area contributed by atoms with Crippen LogP contribution in [0.15, 0.2) is 60.7 Å². The van der Waals surface area contributed by atoms with Crippen molar-refractivity contribution < 1.29 is 33.1 Å². The summed E-state index contributed by atoms with van der Waals surface area (Å²) in [6.45, 7) is 3.04. The number of nitrogens with zero attached hydrogens (tertiary/aromatic N) is 1. The number of likely N-dealkylation sites (tertiary alicyclic amines) is 1. The van der Waals surface area contributed by atoms with E-state index < -0.39 is 27.9 Å². The van der Waals surface area contributed by atoms with Crippen molar-refractivity contribution in [2.24, 2.45) is 5.41 Å². The number of hydrogen-bond acceptors (Lipinski definition) is 6. The molecule has 168 valence electrons. The fourth-order valence-electron chi connectivity index (χ4n) is 4.14. The van der Waals surface area contributed by atoms with Crippen molar-refractivity contribution in [2.45, 2.75) is 33.3 Å². The summed E-state index contributed by atoms with van der Waals surface area (Å²) in [5, 5.41) is 0. The van der Waals surface area contributed by atoms with Crippen LogP contribution in [0.3, 0.4) is 0 Å². The number of quaternary nitrogens is 1. The molecule has 2 aromatic rings. The molecule has 2 atom stereocenters. The molecule has 1 heterocycles. The summed E-state index contributed by atoms with van der Waals surface area (Å²) in [6.07, 6.45) is -0.762. The minimum absolute atomic E-state index is 0.0196. The number of ketones is 1. The third kappa shape index (κ3) is 4.34. The second kappa shape index (κ2) is 9.87. The van der Waals surface area contributed by atoms with Gasteiger partial charge < -0.3 is 9.47 Å². The van der Waals surface area contributed by atoms with Crippen LogP contribution >= 0.6 is 0 Å². The lowest BCUT2D eigenvalue weighted by atomic mass is 9.75.